The zero-order chi connectivity index (χ0) is 20.4. The number of carbonyl (C=O) groups excluding carboxylic acids is 2. The minimum atomic E-state index is -0.478. The van der Waals surface area contributed by atoms with Gasteiger partial charge in [0.2, 0.25) is 0 Å². The van der Waals surface area contributed by atoms with Crippen molar-refractivity contribution < 1.29 is 19.1 Å². The molecule has 1 saturated heterocycles. The molecule has 6 nitrogen and oxygen atoms in total. The Kier molecular flexibility index (Phi) is 5.89. The number of aryl methyl sites for hydroxylation is 2. The molecule has 150 valence electrons. The van der Waals surface area contributed by atoms with Crippen LogP contribution in [-0.2, 0) is 14.3 Å². The highest BCUT2D eigenvalue weighted by Crippen LogP contribution is 2.22. The van der Waals surface area contributed by atoms with Crippen molar-refractivity contribution in [3.63, 3.8) is 0 Å². The van der Waals surface area contributed by atoms with Gasteiger partial charge >= 0.3 is 5.97 Å². The molecule has 0 saturated carbocycles. The molecular weight excluding hydrogens is 356 g/mol. The molecule has 28 heavy (non-hydrogen) atoms. The number of hydrogen-bond donors (Lipinski definition) is 0. The Morgan fingerprint density at radius 2 is 1.68 bits per heavy atom. The van der Waals surface area contributed by atoms with Crippen LogP contribution in [0.15, 0.2) is 30.3 Å². The molecule has 0 bridgehead atoms. The van der Waals surface area contributed by atoms with Gasteiger partial charge in [-0.15, -0.1) is 0 Å². The highest BCUT2D eigenvalue weighted by molar-refractivity contribution is 5.93. The second-order valence-corrected chi connectivity index (χ2v) is 7.59. The standard InChI is InChI=1S/C22H28N2O4/c1-14-6-8-19(9-7-14)24-15(2)10-20(18(24)5)22(26)27-13-21(25)23-11-16(3)28-17(4)12-23/h6-10,16-17H,11-13H2,1-5H3. The quantitative estimate of drug-likeness (QED) is 0.760. The van der Waals surface area contributed by atoms with E-state index in [1.54, 1.807) is 11.0 Å². The first-order valence-electron chi connectivity index (χ1n) is 9.62. The molecule has 0 radical (unpaired) electrons. The third-order valence-electron chi connectivity index (χ3n) is 5.04. The Labute approximate surface area is 166 Å². The molecular formula is C22H28N2O4. The van der Waals surface area contributed by atoms with Gasteiger partial charge in [0.05, 0.1) is 17.8 Å². The van der Waals surface area contributed by atoms with E-state index in [0.29, 0.717) is 18.7 Å². The van der Waals surface area contributed by atoms with Crippen LogP contribution < -0.4 is 0 Å². The molecule has 1 aromatic carbocycles. The fourth-order valence-corrected chi connectivity index (χ4v) is 3.74. The van der Waals surface area contributed by atoms with E-state index in [0.717, 1.165) is 17.1 Å². The predicted octanol–water partition coefficient (Wildman–Crippen LogP) is 3.20. The number of morpholine rings is 1. The fourth-order valence-electron chi connectivity index (χ4n) is 3.74. The number of rotatable bonds is 4. The second kappa shape index (κ2) is 8.19. The Balaban J connectivity index is 1.69. The summed E-state index contributed by atoms with van der Waals surface area (Å²) in [7, 11) is 0. The van der Waals surface area contributed by atoms with E-state index in [4.69, 9.17) is 9.47 Å². The summed E-state index contributed by atoms with van der Waals surface area (Å²) in [6, 6.07) is 9.93. The molecule has 2 aromatic rings. The lowest BCUT2D eigenvalue weighted by molar-refractivity contribution is -0.146. The molecule has 2 heterocycles. The number of esters is 1. The van der Waals surface area contributed by atoms with Crippen molar-refractivity contribution >= 4 is 11.9 Å². The van der Waals surface area contributed by atoms with Gasteiger partial charge in [-0.05, 0) is 52.8 Å². The first-order valence-corrected chi connectivity index (χ1v) is 9.62. The molecule has 3 rings (SSSR count). The van der Waals surface area contributed by atoms with E-state index < -0.39 is 5.97 Å². The second-order valence-electron chi connectivity index (χ2n) is 7.59. The van der Waals surface area contributed by atoms with Crippen LogP contribution in [0.1, 0.15) is 41.2 Å². The minimum absolute atomic E-state index is 0.0168. The maximum Gasteiger partial charge on any atom is 0.340 e. The molecule has 1 aliphatic heterocycles. The Bertz CT molecular complexity index is 859. The molecule has 1 aliphatic rings. The van der Waals surface area contributed by atoms with Gasteiger partial charge in [0, 0.05) is 30.2 Å². The van der Waals surface area contributed by atoms with Crippen LogP contribution in [0.5, 0.6) is 0 Å². The Morgan fingerprint density at radius 1 is 1.07 bits per heavy atom. The molecule has 2 unspecified atom stereocenters. The molecule has 6 heteroatoms. The highest BCUT2D eigenvalue weighted by atomic mass is 16.5. The van der Waals surface area contributed by atoms with Crippen molar-refractivity contribution in [3.05, 3.63) is 52.8 Å². The third-order valence-corrected chi connectivity index (χ3v) is 5.04. The summed E-state index contributed by atoms with van der Waals surface area (Å²) in [5.41, 5.74) is 4.39. The molecule has 1 amide bonds. The summed E-state index contributed by atoms with van der Waals surface area (Å²) < 4.78 is 13.0. The van der Waals surface area contributed by atoms with Crippen molar-refractivity contribution in [1.29, 1.82) is 0 Å². The van der Waals surface area contributed by atoms with Gasteiger partial charge < -0.3 is 18.9 Å². The SMILES string of the molecule is Cc1ccc(-n2c(C)cc(C(=O)OCC(=O)N3CC(C)OC(C)C3)c2C)cc1. The normalized spacial score (nSPS) is 19.5. The zero-order valence-corrected chi connectivity index (χ0v) is 17.2. The minimum Gasteiger partial charge on any atom is -0.452 e. The van der Waals surface area contributed by atoms with E-state index in [-0.39, 0.29) is 24.7 Å². The lowest BCUT2D eigenvalue weighted by atomic mass is 10.2. The monoisotopic (exact) mass is 384 g/mol. The predicted molar refractivity (Wildman–Crippen MR) is 107 cm³/mol. The third kappa shape index (κ3) is 4.28. The van der Waals surface area contributed by atoms with E-state index >= 15 is 0 Å². The average molecular weight is 384 g/mol. The van der Waals surface area contributed by atoms with E-state index in [9.17, 15) is 9.59 Å². The van der Waals surface area contributed by atoms with Crippen molar-refractivity contribution in [2.45, 2.75) is 46.8 Å². The molecule has 0 N–H and O–H groups in total. The number of nitrogens with zero attached hydrogens (tertiary/aromatic N) is 2. The molecule has 2 atom stereocenters. The van der Waals surface area contributed by atoms with Crippen LogP contribution in [0.3, 0.4) is 0 Å². The van der Waals surface area contributed by atoms with Crippen molar-refractivity contribution in [2.75, 3.05) is 19.7 Å². The lowest BCUT2D eigenvalue weighted by Gasteiger charge is -2.35. The van der Waals surface area contributed by atoms with Crippen molar-refractivity contribution in [1.82, 2.24) is 9.47 Å². The summed E-state index contributed by atoms with van der Waals surface area (Å²) in [6.07, 6.45) is -0.0336. The van der Waals surface area contributed by atoms with Crippen LogP contribution in [0.2, 0.25) is 0 Å². The average Bonchev–Trinajstić information content (AvgIpc) is 2.94. The molecule has 1 aromatic heterocycles. The van der Waals surface area contributed by atoms with Gasteiger partial charge in [0.25, 0.3) is 5.91 Å². The molecule has 1 fully saturated rings. The van der Waals surface area contributed by atoms with Crippen LogP contribution in [0.4, 0.5) is 0 Å². The first-order chi connectivity index (χ1) is 13.3. The Morgan fingerprint density at radius 3 is 2.29 bits per heavy atom. The number of aromatic nitrogens is 1. The van der Waals surface area contributed by atoms with Gasteiger partial charge in [0.1, 0.15) is 0 Å². The summed E-state index contributed by atoms with van der Waals surface area (Å²) in [5, 5.41) is 0. The zero-order valence-electron chi connectivity index (χ0n) is 17.2. The number of hydrogen-bond acceptors (Lipinski definition) is 4. The Hall–Kier alpha value is -2.60. The summed E-state index contributed by atoms with van der Waals surface area (Å²) in [5.74, 6) is -0.670. The van der Waals surface area contributed by atoms with E-state index in [2.05, 4.69) is 0 Å². The van der Waals surface area contributed by atoms with Gasteiger partial charge in [0.15, 0.2) is 6.61 Å². The van der Waals surface area contributed by atoms with Crippen molar-refractivity contribution in [3.8, 4) is 5.69 Å². The van der Waals surface area contributed by atoms with Crippen LogP contribution in [-0.4, -0.2) is 53.2 Å². The van der Waals surface area contributed by atoms with Gasteiger partial charge in [-0.3, -0.25) is 4.79 Å². The maximum atomic E-state index is 12.6. The van der Waals surface area contributed by atoms with Gasteiger partial charge in [-0.25, -0.2) is 4.79 Å². The lowest BCUT2D eigenvalue weighted by Crippen LogP contribution is -2.49. The smallest absolute Gasteiger partial charge is 0.340 e. The fraction of sp³-hybridized carbons (Fsp3) is 0.455. The van der Waals surface area contributed by atoms with Crippen LogP contribution in [0, 0.1) is 20.8 Å². The van der Waals surface area contributed by atoms with Crippen LogP contribution in [0.25, 0.3) is 5.69 Å². The number of ether oxygens (including phenoxy) is 2. The maximum absolute atomic E-state index is 12.6. The highest BCUT2D eigenvalue weighted by Gasteiger charge is 2.27. The molecule has 0 aliphatic carbocycles. The topological polar surface area (TPSA) is 60.8 Å². The van der Waals surface area contributed by atoms with Gasteiger partial charge in [-0.2, -0.15) is 0 Å². The number of amides is 1. The summed E-state index contributed by atoms with van der Waals surface area (Å²) in [4.78, 5) is 26.7. The largest absolute Gasteiger partial charge is 0.452 e. The first kappa shape index (κ1) is 20.1. The van der Waals surface area contributed by atoms with E-state index in [1.807, 2.05) is 63.5 Å². The van der Waals surface area contributed by atoms with E-state index in [1.165, 1.54) is 5.56 Å². The van der Waals surface area contributed by atoms with Crippen molar-refractivity contribution in [2.24, 2.45) is 0 Å². The number of benzene rings is 1. The summed E-state index contributed by atoms with van der Waals surface area (Å²) >= 11 is 0. The molecule has 0 spiro atoms. The van der Waals surface area contributed by atoms with Crippen LogP contribution >= 0.6 is 0 Å². The van der Waals surface area contributed by atoms with Gasteiger partial charge in [-0.1, -0.05) is 17.7 Å². The number of carbonyl (C=O) groups is 2. The summed E-state index contributed by atoms with van der Waals surface area (Å²) in [6.45, 7) is 10.5.